The highest BCUT2D eigenvalue weighted by Crippen LogP contribution is 2.57. The van der Waals surface area contributed by atoms with Crippen LogP contribution in [0.3, 0.4) is 0 Å². The van der Waals surface area contributed by atoms with Gasteiger partial charge in [-0.15, -0.1) is 0 Å². The summed E-state index contributed by atoms with van der Waals surface area (Å²) in [6.45, 7) is 7.07. The summed E-state index contributed by atoms with van der Waals surface area (Å²) < 4.78 is 25.5. The van der Waals surface area contributed by atoms with E-state index in [1.54, 1.807) is 12.1 Å². The predicted octanol–water partition coefficient (Wildman–Crippen LogP) is 4.45. The Labute approximate surface area is 134 Å². The third-order valence-corrected chi connectivity index (χ3v) is 6.16. The van der Waals surface area contributed by atoms with Gasteiger partial charge in [0.2, 0.25) is 0 Å². The molecule has 2 aliphatic rings. The molecule has 0 saturated carbocycles. The van der Waals surface area contributed by atoms with E-state index >= 15 is 0 Å². The fourth-order valence-electron chi connectivity index (χ4n) is 3.67. The third kappa shape index (κ3) is 2.55. The van der Waals surface area contributed by atoms with E-state index in [9.17, 15) is 4.39 Å². The molecule has 2 fully saturated rings. The summed E-state index contributed by atoms with van der Waals surface area (Å²) in [5, 5.41) is 0. The first-order valence-corrected chi connectivity index (χ1v) is 8.47. The van der Waals surface area contributed by atoms with Crippen molar-refractivity contribution in [3.63, 3.8) is 0 Å². The molecule has 21 heavy (non-hydrogen) atoms. The van der Waals surface area contributed by atoms with Gasteiger partial charge in [-0.2, -0.15) is 0 Å². The van der Waals surface area contributed by atoms with Crippen LogP contribution in [-0.2, 0) is 16.1 Å². The molecule has 0 aromatic heterocycles. The molecule has 0 N–H and O–H groups in total. The lowest BCUT2D eigenvalue weighted by atomic mass is 9.75. The first-order valence-electron chi connectivity index (χ1n) is 7.56. The Hall–Kier alpha value is -0.450. The van der Waals surface area contributed by atoms with Gasteiger partial charge >= 0.3 is 0 Å². The molecular formula is C17H22BrFO2. The molecule has 4 unspecified atom stereocenters. The quantitative estimate of drug-likeness (QED) is 0.741. The van der Waals surface area contributed by atoms with E-state index in [2.05, 4.69) is 36.7 Å². The Morgan fingerprint density at radius 2 is 2.00 bits per heavy atom. The number of ether oxygens (including phenoxy) is 2. The zero-order valence-corrected chi connectivity index (χ0v) is 14.3. The first kappa shape index (κ1) is 15.4. The second-order valence-electron chi connectivity index (χ2n) is 6.83. The Morgan fingerprint density at radius 1 is 1.33 bits per heavy atom. The van der Waals surface area contributed by atoms with E-state index in [1.165, 1.54) is 12.1 Å². The molecule has 2 saturated heterocycles. The van der Waals surface area contributed by atoms with Gasteiger partial charge in [0.1, 0.15) is 5.82 Å². The van der Waals surface area contributed by atoms with E-state index in [-0.39, 0.29) is 23.1 Å². The summed E-state index contributed by atoms with van der Waals surface area (Å²) in [6.07, 6.45) is 1.98. The molecule has 3 rings (SSSR count). The third-order valence-electron chi connectivity index (χ3n) is 5.07. The lowest BCUT2D eigenvalue weighted by Crippen LogP contribution is -2.44. The SMILES string of the molecule is CC(C)C12CC(OCc3ccc(F)cc3)C(C)(CC1Br)O2. The number of hydrogen-bond donors (Lipinski definition) is 0. The van der Waals surface area contributed by atoms with Crippen molar-refractivity contribution in [1.82, 2.24) is 0 Å². The van der Waals surface area contributed by atoms with Crippen LogP contribution in [0.1, 0.15) is 39.2 Å². The van der Waals surface area contributed by atoms with Crippen molar-refractivity contribution in [2.45, 2.75) is 62.4 Å². The predicted molar refractivity (Wildman–Crippen MR) is 84.0 cm³/mol. The van der Waals surface area contributed by atoms with Gasteiger partial charge in [0, 0.05) is 11.2 Å². The molecule has 0 aliphatic carbocycles. The largest absolute Gasteiger partial charge is 0.370 e. The van der Waals surface area contributed by atoms with Gasteiger partial charge in [-0.05, 0) is 37.0 Å². The number of alkyl halides is 1. The summed E-state index contributed by atoms with van der Waals surface area (Å²) >= 11 is 3.80. The number of hydrogen-bond acceptors (Lipinski definition) is 2. The molecular weight excluding hydrogens is 335 g/mol. The van der Waals surface area contributed by atoms with Gasteiger partial charge in [-0.25, -0.2) is 4.39 Å². The van der Waals surface area contributed by atoms with Crippen molar-refractivity contribution in [3.05, 3.63) is 35.6 Å². The molecule has 2 bridgehead atoms. The van der Waals surface area contributed by atoms with Crippen molar-refractivity contribution < 1.29 is 13.9 Å². The molecule has 116 valence electrons. The molecule has 0 amide bonds. The Bertz CT molecular complexity index is 518. The van der Waals surface area contributed by atoms with E-state index in [4.69, 9.17) is 9.47 Å². The number of halogens is 2. The number of benzene rings is 1. The number of fused-ring (bicyclic) bond motifs is 2. The average molecular weight is 357 g/mol. The molecule has 2 aliphatic heterocycles. The highest BCUT2D eigenvalue weighted by Gasteiger charge is 2.65. The van der Waals surface area contributed by atoms with Crippen molar-refractivity contribution in [2.24, 2.45) is 5.92 Å². The minimum Gasteiger partial charge on any atom is -0.370 e. The van der Waals surface area contributed by atoms with Crippen LogP contribution in [0.5, 0.6) is 0 Å². The highest BCUT2D eigenvalue weighted by molar-refractivity contribution is 9.09. The maximum Gasteiger partial charge on any atom is 0.123 e. The van der Waals surface area contributed by atoms with Crippen LogP contribution in [0.4, 0.5) is 4.39 Å². The highest BCUT2D eigenvalue weighted by atomic mass is 79.9. The lowest BCUT2D eigenvalue weighted by Gasteiger charge is -2.35. The smallest absolute Gasteiger partial charge is 0.123 e. The first-order chi connectivity index (χ1) is 9.86. The minimum atomic E-state index is -0.224. The summed E-state index contributed by atoms with van der Waals surface area (Å²) in [6, 6.07) is 6.50. The van der Waals surface area contributed by atoms with Gasteiger partial charge in [-0.1, -0.05) is 41.9 Å². The van der Waals surface area contributed by atoms with Crippen LogP contribution >= 0.6 is 15.9 Å². The molecule has 1 aromatic rings. The molecule has 0 spiro atoms. The van der Waals surface area contributed by atoms with E-state index in [0.717, 1.165) is 18.4 Å². The van der Waals surface area contributed by atoms with Gasteiger partial charge in [0.05, 0.1) is 23.9 Å². The van der Waals surface area contributed by atoms with Gasteiger partial charge in [-0.3, -0.25) is 0 Å². The standard InChI is InChI=1S/C17H22BrFO2/c1-11(2)17-9-15(16(3,21-17)8-14(17)18)20-10-12-4-6-13(19)7-5-12/h4-7,11,14-15H,8-10H2,1-3H3. The maximum absolute atomic E-state index is 12.9. The van der Waals surface area contributed by atoms with Gasteiger partial charge in [0.25, 0.3) is 0 Å². The zero-order valence-electron chi connectivity index (χ0n) is 12.7. The Balaban J connectivity index is 1.69. The van der Waals surface area contributed by atoms with Crippen LogP contribution < -0.4 is 0 Å². The molecule has 2 heterocycles. The fraction of sp³-hybridized carbons (Fsp3) is 0.647. The number of rotatable bonds is 4. The molecule has 2 nitrogen and oxygen atoms in total. The minimum absolute atomic E-state index is 0.0961. The summed E-state index contributed by atoms with van der Waals surface area (Å²) in [7, 11) is 0. The van der Waals surface area contributed by atoms with Gasteiger partial charge in [0.15, 0.2) is 0 Å². The van der Waals surface area contributed by atoms with Gasteiger partial charge < -0.3 is 9.47 Å². The van der Waals surface area contributed by atoms with Crippen LogP contribution in [0.15, 0.2) is 24.3 Å². The Kier molecular flexibility index (Phi) is 3.92. The summed E-state index contributed by atoms with van der Waals surface area (Å²) in [5.74, 6) is 0.234. The summed E-state index contributed by atoms with van der Waals surface area (Å²) in [4.78, 5) is 0.390. The van der Waals surface area contributed by atoms with Crippen molar-refractivity contribution in [3.8, 4) is 0 Å². The van der Waals surface area contributed by atoms with Crippen LogP contribution in [-0.4, -0.2) is 22.1 Å². The molecule has 1 aromatic carbocycles. The van der Waals surface area contributed by atoms with Crippen LogP contribution in [0.2, 0.25) is 0 Å². The van der Waals surface area contributed by atoms with Crippen LogP contribution in [0, 0.1) is 11.7 Å². The van der Waals surface area contributed by atoms with E-state index in [0.29, 0.717) is 17.4 Å². The van der Waals surface area contributed by atoms with E-state index in [1.807, 2.05) is 0 Å². The van der Waals surface area contributed by atoms with Crippen molar-refractivity contribution in [1.29, 1.82) is 0 Å². The Morgan fingerprint density at radius 3 is 2.57 bits per heavy atom. The second kappa shape index (κ2) is 5.32. The normalized spacial score (nSPS) is 38.4. The maximum atomic E-state index is 12.9. The van der Waals surface area contributed by atoms with E-state index < -0.39 is 0 Å². The molecule has 4 heteroatoms. The van der Waals surface area contributed by atoms with Crippen molar-refractivity contribution >= 4 is 15.9 Å². The zero-order chi connectivity index (χ0) is 15.3. The van der Waals surface area contributed by atoms with Crippen molar-refractivity contribution in [2.75, 3.05) is 0 Å². The molecule has 0 radical (unpaired) electrons. The fourth-order valence-corrected chi connectivity index (χ4v) is 5.12. The topological polar surface area (TPSA) is 18.5 Å². The average Bonchev–Trinajstić information content (AvgIpc) is 2.86. The monoisotopic (exact) mass is 356 g/mol. The molecule has 4 atom stereocenters. The van der Waals surface area contributed by atoms with Crippen LogP contribution in [0.25, 0.3) is 0 Å². The second-order valence-corrected chi connectivity index (χ2v) is 7.93. The lowest BCUT2D eigenvalue weighted by molar-refractivity contribution is -0.0955. The summed E-state index contributed by atoms with van der Waals surface area (Å²) in [5.41, 5.74) is 0.650.